The number of aliphatic hydroxyl groups is 1. The Labute approximate surface area is 179 Å². The molecule has 2 heterocycles. The van der Waals surface area contributed by atoms with Gasteiger partial charge in [-0.25, -0.2) is 9.50 Å². The first kappa shape index (κ1) is 20.7. The average Bonchev–Trinajstić information content (AvgIpc) is 3.24. The minimum atomic E-state index is -0.142. The maximum absolute atomic E-state index is 9.72. The lowest BCUT2D eigenvalue weighted by molar-refractivity contribution is 0.121. The number of benzene rings is 1. The quantitative estimate of drug-likeness (QED) is 0.545. The van der Waals surface area contributed by atoms with Gasteiger partial charge in [0.1, 0.15) is 10.8 Å². The molecular weight excluding hydrogens is 404 g/mol. The molecule has 8 heteroatoms. The number of aryl methyl sites for hydroxylation is 1. The molecular formula is C21H28N4O2S2. The van der Waals surface area contributed by atoms with Gasteiger partial charge < -0.3 is 9.84 Å². The van der Waals surface area contributed by atoms with Crippen LogP contribution in [-0.4, -0.2) is 39.0 Å². The van der Waals surface area contributed by atoms with Crippen molar-refractivity contribution in [3.05, 3.63) is 28.9 Å². The summed E-state index contributed by atoms with van der Waals surface area (Å²) >= 11 is 3.26. The van der Waals surface area contributed by atoms with Crippen LogP contribution in [0.25, 0.3) is 16.2 Å². The lowest BCUT2D eigenvalue weighted by atomic mass is 9.94. The van der Waals surface area contributed by atoms with Crippen molar-refractivity contribution in [3.8, 4) is 17.0 Å². The van der Waals surface area contributed by atoms with E-state index in [2.05, 4.69) is 30.7 Å². The van der Waals surface area contributed by atoms with Crippen LogP contribution in [0.15, 0.2) is 23.1 Å². The van der Waals surface area contributed by atoms with E-state index in [-0.39, 0.29) is 6.10 Å². The minimum absolute atomic E-state index is 0.142. The van der Waals surface area contributed by atoms with Gasteiger partial charge in [0.25, 0.3) is 0 Å². The van der Waals surface area contributed by atoms with Gasteiger partial charge in [-0.3, -0.25) is 4.72 Å². The van der Waals surface area contributed by atoms with E-state index in [4.69, 9.17) is 14.8 Å². The molecule has 0 radical (unpaired) electrons. The molecule has 1 saturated carbocycles. The van der Waals surface area contributed by atoms with Gasteiger partial charge in [0.15, 0.2) is 0 Å². The van der Waals surface area contributed by atoms with E-state index < -0.39 is 0 Å². The molecule has 29 heavy (non-hydrogen) atoms. The second kappa shape index (κ2) is 8.63. The molecule has 0 bridgehead atoms. The number of ether oxygens (including phenoxy) is 1. The highest BCUT2D eigenvalue weighted by molar-refractivity contribution is 7.97. The van der Waals surface area contributed by atoms with E-state index in [9.17, 15) is 5.11 Å². The Bertz CT molecular complexity index is 990. The molecule has 2 aromatic heterocycles. The van der Waals surface area contributed by atoms with Crippen molar-refractivity contribution in [1.29, 1.82) is 0 Å². The summed E-state index contributed by atoms with van der Waals surface area (Å²) in [7, 11) is 1.70. The topological polar surface area (TPSA) is 71.7 Å². The molecule has 1 aliphatic carbocycles. The zero-order chi connectivity index (χ0) is 20.5. The number of aromatic nitrogens is 3. The average molecular weight is 433 g/mol. The number of hydrogen-bond acceptors (Lipinski definition) is 7. The van der Waals surface area contributed by atoms with Gasteiger partial charge in [0.2, 0.25) is 4.96 Å². The Balaban J connectivity index is 1.62. The summed E-state index contributed by atoms with van der Waals surface area (Å²) in [6, 6.07) is 6.65. The van der Waals surface area contributed by atoms with Crippen molar-refractivity contribution in [2.75, 3.05) is 7.11 Å². The van der Waals surface area contributed by atoms with Crippen molar-refractivity contribution in [2.45, 2.75) is 69.4 Å². The molecule has 4 rings (SSSR count). The smallest absolute Gasteiger partial charge is 0.212 e. The van der Waals surface area contributed by atoms with Crippen molar-refractivity contribution in [3.63, 3.8) is 0 Å². The molecule has 6 nitrogen and oxygen atoms in total. The normalized spacial score (nSPS) is 19.9. The summed E-state index contributed by atoms with van der Waals surface area (Å²) in [5.41, 5.74) is 3.10. The lowest BCUT2D eigenvalue weighted by Crippen LogP contribution is -2.30. The van der Waals surface area contributed by atoms with Crippen LogP contribution in [0.2, 0.25) is 0 Å². The molecule has 3 aromatic rings. The first-order chi connectivity index (χ1) is 14.0. The number of imidazole rings is 1. The fraction of sp³-hybridized carbons (Fsp3) is 0.524. The van der Waals surface area contributed by atoms with E-state index in [0.717, 1.165) is 63.2 Å². The summed E-state index contributed by atoms with van der Waals surface area (Å²) in [5.74, 6) is 1.23. The monoisotopic (exact) mass is 432 g/mol. The van der Waals surface area contributed by atoms with E-state index in [0.29, 0.717) is 12.0 Å². The highest BCUT2D eigenvalue weighted by Crippen LogP contribution is 2.36. The molecule has 1 aliphatic rings. The number of nitrogens with one attached hydrogen (secondary N) is 1. The lowest BCUT2D eigenvalue weighted by Gasteiger charge is -2.26. The fourth-order valence-corrected chi connectivity index (χ4v) is 5.59. The molecule has 156 valence electrons. The van der Waals surface area contributed by atoms with E-state index in [1.165, 1.54) is 0 Å². The highest BCUT2D eigenvalue weighted by Gasteiger charge is 2.21. The predicted molar refractivity (Wildman–Crippen MR) is 119 cm³/mol. The Morgan fingerprint density at radius 1 is 1.28 bits per heavy atom. The summed E-state index contributed by atoms with van der Waals surface area (Å²) in [4.78, 5) is 6.71. The van der Waals surface area contributed by atoms with Gasteiger partial charge in [-0.15, -0.1) is 0 Å². The predicted octanol–water partition coefficient (Wildman–Crippen LogP) is 4.80. The summed E-state index contributed by atoms with van der Waals surface area (Å²) in [5, 5.41) is 15.6. The van der Waals surface area contributed by atoms with Gasteiger partial charge in [0.05, 0.1) is 29.5 Å². The van der Waals surface area contributed by atoms with Crippen LogP contribution in [0, 0.1) is 6.92 Å². The number of nitrogens with zero attached hydrogens (tertiary/aromatic N) is 3. The number of fused-ring (bicyclic) bond motifs is 1. The Morgan fingerprint density at radius 2 is 2.03 bits per heavy atom. The van der Waals surface area contributed by atoms with E-state index in [1.54, 1.807) is 30.4 Å². The molecule has 2 N–H and O–H groups in total. The van der Waals surface area contributed by atoms with Crippen LogP contribution in [0.5, 0.6) is 5.75 Å². The molecule has 0 spiro atoms. The van der Waals surface area contributed by atoms with Crippen LogP contribution >= 0.6 is 23.3 Å². The van der Waals surface area contributed by atoms with E-state index in [1.807, 2.05) is 17.5 Å². The summed E-state index contributed by atoms with van der Waals surface area (Å²) < 4.78 is 11.1. The number of aliphatic hydroxyl groups excluding tert-OH is 1. The van der Waals surface area contributed by atoms with Gasteiger partial charge in [-0.1, -0.05) is 25.2 Å². The van der Waals surface area contributed by atoms with Crippen LogP contribution in [0.3, 0.4) is 0 Å². The van der Waals surface area contributed by atoms with Crippen molar-refractivity contribution in [1.82, 2.24) is 19.3 Å². The van der Waals surface area contributed by atoms with Gasteiger partial charge in [0, 0.05) is 17.5 Å². The SMILES string of the molecule is COc1ccc(-c2c(C)nc3sc(C(C)C)nn23)cc1SN[C@H]1CC[C@@H](O)CC1. The maximum Gasteiger partial charge on any atom is 0.212 e. The van der Waals surface area contributed by atoms with Gasteiger partial charge >= 0.3 is 0 Å². The number of hydrogen-bond donors (Lipinski definition) is 2. The van der Waals surface area contributed by atoms with Crippen LogP contribution in [0.4, 0.5) is 0 Å². The third kappa shape index (κ3) is 4.30. The minimum Gasteiger partial charge on any atom is -0.496 e. The summed E-state index contributed by atoms with van der Waals surface area (Å²) in [6.45, 7) is 6.35. The summed E-state index contributed by atoms with van der Waals surface area (Å²) in [6.07, 6.45) is 3.58. The third-order valence-electron chi connectivity index (χ3n) is 5.36. The van der Waals surface area contributed by atoms with E-state index >= 15 is 0 Å². The molecule has 1 aromatic carbocycles. The maximum atomic E-state index is 9.72. The van der Waals surface area contributed by atoms with Crippen LogP contribution in [-0.2, 0) is 0 Å². The second-order valence-corrected chi connectivity index (χ2v) is 9.79. The molecule has 0 saturated heterocycles. The van der Waals surface area contributed by atoms with Gasteiger partial charge in [-0.2, -0.15) is 5.10 Å². The molecule has 0 amide bonds. The van der Waals surface area contributed by atoms with Crippen LogP contribution < -0.4 is 9.46 Å². The molecule has 0 aliphatic heterocycles. The van der Waals surface area contributed by atoms with Crippen molar-refractivity contribution < 1.29 is 9.84 Å². The molecule has 0 atom stereocenters. The van der Waals surface area contributed by atoms with Crippen molar-refractivity contribution >= 4 is 28.2 Å². The largest absolute Gasteiger partial charge is 0.496 e. The van der Waals surface area contributed by atoms with Crippen LogP contribution in [0.1, 0.15) is 56.2 Å². The standard InChI is InChI=1S/C21H28N4O2S2/c1-12(2)20-23-25-19(13(3)22-21(25)28-20)14-5-10-17(27-4)18(11-14)29-24-15-6-8-16(26)9-7-15/h5,10-12,15-16,24,26H,6-9H2,1-4H3/t15-,16+. The Kier molecular flexibility index (Phi) is 6.15. The third-order valence-corrected chi connectivity index (χ3v) is 7.56. The molecule has 1 fully saturated rings. The molecule has 0 unspecified atom stereocenters. The first-order valence-corrected chi connectivity index (χ1v) is 11.7. The Morgan fingerprint density at radius 3 is 2.72 bits per heavy atom. The zero-order valence-corrected chi connectivity index (χ0v) is 18.9. The number of rotatable bonds is 6. The fourth-order valence-electron chi connectivity index (χ4n) is 3.67. The Hall–Kier alpha value is -1.61. The van der Waals surface area contributed by atoms with Gasteiger partial charge in [-0.05, 0) is 62.8 Å². The second-order valence-electron chi connectivity index (χ2n) is 7.93. The van der Waals surface area contributed by atoms with Crippen molar-refractivity contribution in [2.24, 2.45) is 0 Å². The highest BCUT2D eigenvalue weighted by atomic mass is 32.2. The first-order valence-electron chi connectivity index (χ1n) is 10.1. The zero-order valence-electron chi connectivity index (χ0n) is 17.3. The number of methoxy groups -OCH3 is 1.